The molecule has 0 spiro atoms. The molecule has 0 bridgehead atoms. The van der Waals surface area contributed by atoms with Gasteiger partial charge in [-0.15, -0.1) is 56.9 Å². The molecule has 208 valence electrons. The van der Waals surface area contributed by atoms with Gasteiger partial charge in [-0.2, -0.15) is 12.1 Å². The van der Waals surface area contributed by atoms with E-state index in [9.17, 15) is 0 Å². The smallest absolute Gasteiger partial charge is 1.00 e. The first-order valence-electron chi connectivity index (χ1n) is 14.2. The molecule has 0 fully saturated rings. The maximum absolute atomic E-state index is 2.37. The fourth-order valence-corrected chi connectivity index (χ4v) is 5.10. The summed E-state index contributed by atoms with van der Waals surface area (Å²) in [5.74, 6) is 0. The van der Waals surface area contributed by atoms with Crippen molar-refractivity contribution >= 4 is 49.3 Å². The molecule has 0 aromatic heterocycles. The summed E-state index contributed by atoms with van der Waals surface area (Å²) in [6, 6.07) is 35.6. The maximum atomic E-state index is 2.37. The average Bonchev–Trinajstić information content (AvgIpc) is 3.55. The standard InChI is InChI=1S/2C17H17.C2H6Si.2ClH.Ti/c2*1-2-3-6-13-11-15-10-9-14-7-4-5-8-16(14)17(15)12-13;1-3-2;;;/h2*4-5,7-12H,2-3,6H2,1H3;1-2H3;2*1H;/q2*-1;;;;+2/p-2. The van der Waals surface area contributed by atoms with Crippen LogP contribution in [0.3, 0.4) is 0 Å². The summed E-state index contributed by atoms with van der Waals surface area (Å²) in [7, 11) is 0. The number of fused-ring (bicyclic) bond motifs is 6. The van der Waals surface area contributed by atoms with E-state index in [1.54, 1.807) is 0 Å². The van der Waals surface area contributed by atoms with Gasteiger partial charge in [-0.3, -0.25) is 0 Å². The zero-order valence-electron chi connectivity index (χ0n) is 24.2. The Hall–Kier alpha value is -1.87. The zero-order valence-corrected chi connectivity index (χ0v) is 28.3. The molecule has 6 rings (SSSR count). The Kier molecular flexibility index (Phi) is 14.7. The van der Waals surface area contributed by atoms with Gasteiger partial charge in [0.2, 0.25) is 0 Å². The molecule has 0 radical (unpaired) electrons. The van der Waals surface area contributed by atoms with E-state index in [4.69, 9.17) is 0 Å². The number of halogens is 2. The Balaban J connectivity index is 0.000000237. The van der Waals surface area contributed by atoms with Crippen LogP contribution >= 0.6 is 0 Å². The number of hydrogen-bond donors (Lipinski definition) is 0. The van der Waals surface area contributed by atoms with Gasteiger partial charge in [-0.1, -0.05) is 122 Å². The van der Waals surface area contributed by atoms with Crippen molar-refractivity contribution in [3.8, 4) is 0 Å². The van der Waals surface area contributed by atoms with Crippen LogP contribution in [0.15, 0.2) is 97.1 Å². The summed E-state index contributed by atoms with van der Waals surface area (Å²) in [5, 5.41) is 11.0. The number of unbranched alkanes of at least 4 members (excludes halogenated alkanes) is 2. The summed E-state index contributed by atoms with van der Waals surface area (Å²) in [5.41, 5.74) is 2.97. The normalized spacial score (nSPS) is 10.3. The molecule has 0 unspecified atom stereocenters. The van der Waals surface area contributed by atoms with Crippen molar-refractivity contribution in [2.75, 3.05) is 0 Å². The van der Waals surface area contributed by atoms with Crippen molar-refractivity contribution in [1.29, 1.82) is 0 Å². The van der Waals surface area contributed by atoms with E-state index < -0.39 is 0 Å². The third-order valence-electron chi connectivity index (χ3n) is 6.99. The molecule has 6 aromatic rings. The third kappa shape index (κ3) is 9.07. The number of benzene rings is 4. The van der Waals surface area contributed by atoms with Crippen LogP contribution in [0.5, 0.6) is 0 Å². The summed E-state index contributed by atoms with van der Waals surface area (Å²) in [6.07, 6.45) is 7.64. The van der Waals surface area contributed by atoms with Crippen molar-refractivity contribution in [3.63, 3.8) is 0 Å². The van der Waals surface area contributed by atoms with Crippen LogP contribution in [-0.2, 0) is 32.0 Å². The topological polar surface area (TPSA) is 0 Å². The maximum Gasteiger partial charge on any atom is -1.00 e. The van der Waals surface area contributed by atoms with Crippen LogP contribution in [0.1, 0.15) is 50.7 Å². The summed E-state index contributed by atoms with van der Waals surface area (Å²) >= 11 is 2.27. The van der Waals surface area contributed by atoms with Crippen molar-refractivity contribution in [2.24, 2.45) is 0 Å². The van der Waals surface area contributed by atoms with Crippen LogP contribution in [0.2, 0.25) is 13.1 Å². The second-order valence-electron chi connectivity index (χ2n) is 10.5. The van der Waals surface area contributed by atoms with E-state index in [0.29, 0.717) is 0 Å². The minimum Gasteiger partial charge on any atom is -1.00 e. The van der Waals surface area contributed by atoms with E-state index in [0.717, 1.165) is 0 Å². The van der Waals surface area contributed by atoms with Crippen molar-refractivity contribution in [1.82, 2.24) is 0 Å². The number of aryl methyl sites for hydroxylation is 2. The first-order valence-corrected chi connectivity index (χ1v) is 19.0. The summed E-state index contributed by atoms with van der Waals surface area (Å²) < 4.78 is 0. The van der Waals surface area contributed by atoms with Gasteiger partial charge in [-0.25, -0.2) is 0 Å². The Morgan fingerprint density at radius 2 is 0.925 bits per heavy atom. The molecule has 0 atom stereocenters. The minimum atomic E-state index is 0. The average molecular weight is 620 g/mol. The largest absolute Gasteiger partial charge is 1.00 e. The SMILES string of the molecule is CCCCc1cc2ccc3ccccc3c2[cH-]1.CCCCc1cc2ccc3ccccc3c2[cH-]1.C[Si](C)=[Ti+2].[Cl-].[Cl-]. The van der Waals surface area contributed by atoms with Crippen LogP contribution < -0.4 is 24.8 Å². The monoisotopic (exact) mass is 618 g/mol. The van der Waals surface area contributed by atoms with E-state index in [-0.39, 0.29) is 31.0 Å². The molecule has 4 heteroatoms. The predicted octanol–water partition coefficient (Wildman–Crippen LogP) is 4.90. The van der Waals surface area contributed by atoms with Gasteiger partial charge in [0.05, 0.1) is 0 Å². The van der Waals surface area contributed by atoms with Crippen molar-refractivity contribution < 1.29 is 44.0 Å². The van der Waals surface area contributed by atoms with E-state index in [1.807, 2.05) is 0 Å². The Morgan fingerprint density at radius 3 is 1.30 bits per heavy atom. The molecule has 0 aliphatic rings. The van der Waals surface area contributed by atoms with E-state index >= 15 is 0 Å². The Bertz CT molecular complexity index is 1520. The van der Waals surface area contributed by atoms with Gasteiger partial charge >= 0.3 is 38.5 Å². The molecule has 0 heterocycles. The second-order valence-corrected chi connectivity index (χ2v) is 17.2. The first-order chi connectivity index (χ1) is 18.5. The van der Waals surface area contributed by atoms with Gasteiger partial charge < -0.3 is 24.8 Å². The molecule has 0 aliphatic heterocycles. The summed E-state index contributed by atoms with van der Waals surface area (Å²) in [6.45, 7) is 9.03. The second kappa shape index (κ2) is 17.2. The molecule has 0 N–H and O–H groups in total. The van der Waals surface area contributed by atoms with Crippen LogP contribution in [0.4, 0.5) is 0 Å². The Labute approximate surface area is 265 Å². The quantitative estimate of drug-likeness (QED) is 0.184. The molecule has 40 heavy (non-hydrogen) atoms. The molecule has 0 amide bonds. The van der Waals surface area contributed by atoms with Gasteiger partial charge in [0, 0.05) is 0 Å². The zero-order chi connectivity index (χ0) is 26.9. The fourth-order valence-electron chi connectivity index (χ4n) is 5.10. The van der Waals surface area contributed by atoms with E-state index in [2.05, 4.69) is 143 Å². The fraction of sp³-hybridized carbons (Fsp3) is 0.278. The minimum absolute atomic E-state index is 0. The first kappa shape index (κ1) is 34.3. The van der Waals surface area contributed by atoms with Crippen LogP contribution in [-0.4, -0.2) is 6.19 Å². The van der Waals surface area contributed by atoms with Gasteiger partial charge in [0.15, 0.2) is 0 Å². The molecule has 0 aliphatic carbocycles. The van der Waals surface area contributed by atoms with E-state index in [1.165, 1.54) is 92.7 Å². The molecular formula is C36H40Cl2SiTi-2. The summed E-state index contributed by atoms with van der Waals surface area (Å²) in [4.78, 5) is 0. The Morgan fingerprint density at radius 1 is 0.575 bits per heavy atom. The molecule has 0 saturated carbocycles. The number of rotatable bonds is 6. The third-order valence-corrected chi connectivity index (χ3v) is 6.99. The predicted molar refractivity (Wildman–Crippen MR) is 169 cm³/mol. The van der Waals surface area contributed by atoms with Crippen molar-refractivity contribution in [3.05, 3.63) is 108 Å². The van der Waals surface area contributed by atoms with Crippen LogP contribution in [0, 0.1) is 0 Å². The van der Waals surface area contributed by atoms with Gasteiger partial charge in [-0.05, 0) is 12.8 Å². The van der Waals surface area contributed by atoms with Crippen molar-refractivity contribution in [2.45, 2.75) is 65.5 Å². The van der Waals surface area contributed by atoms with Crippen LogP contribution in [0.25, 0.3) is 43.1 Å². The molecular weight excluding hydrogens is 579 g/mol. The van der Waals surface area contributed by atoms with Gasteiger partial charge in [0.25, 0.3) is 0 Å². The number of hydrogen-bond acceptors (Lipinski definition) is 0. The van der Waals surface area contributed by atoms with Gasteiger partial charge in [0.1, 0.15) is 0 Å². The molecule has 0 saturated heterocycles. The molecule has 0 nitrogen and oxygen atoms in total. The molecule has 6 aromatic carbocycles.